The maximum absolute atomic E-state index is 12.2. The van der Waals surface area contributed by atoms with Crippen LogP contribution in [-0.4, -0.2) is 10.5 Å². The van der Waals surface area contributed by atoms with Crippen LogP contribution >= 0.6 is 15.9 Å². The smallest absolute Gasteiger partial charge is 0.251 e. The third-order valence-electron chi connectivity index (χ3n) is 4.86. The Kier molecular flexibility index (Phi) is 5.14. The average Bonchev–Trinajstić information content (AvgIpc) is 3.33. The predicted octanol–water partition coefficient (Wildman–Crippen LogP) is 5.39. The number of carbonyl (C=O) groups excluding carboxylic acids is 1. The van der Waals surface area contributed by atoms with Crippen LogP contribution in [0.5, 0.6) is 0 Å². The van der Waals surface area contributed by atoms with Gasteiger partial charge in [0.1, 0.15) is 0 Å². The van der Waals surface area contributed by atoms with E-state index in [0.29, 0.717) is 11.6 Å². The predicted molar refractivity (Wildman–Crippen MR) is 102 cm³/mol. The lowest BCUT2D eigenvalue weighted by atomic mass is 9.97. The Hall–Kier alpha value is -1.55. The molecule has 1 saturated carbocycles. The summed E-state index contributed by atoms with van der Waals surface area (Å²) in [6, 6.07) is 8.75. The number of halogens is 1. The summed E-state index contributed by atoms with van der Waals surface area (Å²) in [7, 11) is 0. The zero-order chi connectivity index (χ0) is 17.3. The molecule has 128 valence electrons. The van der Waals surface area contributed by atoms with Crippen LogP contribution in [0.3, 0.4) is 0 Å². The van der Waals surface area contributed by atoms with E-state index in [9.17, 15) is 4.79 Å². The highest BCUT2D eigenvalue weighted by molar-refractivity contribution is 9.10. The molecule has 0 bridgehead atoms. The standard InChI is InChI=1S/C20H25BrN2O/c1-3-4-5-6-17-19(14-7-9-15(21)10-8-14)18(20(22)24)13(2)23(17)16-11-12-16/h7-10,16H,3-6,11-12H2,1-2H3,(H2,22,24). The van der Waals surface area contributed by atoms with Gasteiger partial charge in [-0.1, -0.05) is 47.8 Å². The molecule has 1 amide bonds. The van der Waals surface area contributed by atoms with Gasteiger partial charge in [-0.15, -0.1) is 0 Å². The van der Waals surface area contributed by atoms with Gasteiger partial charge in [0.2, 0.25) is 0 Å². The van der Waals surface area contributed by atoms with Gasteiger partial charge in [0, 0.05) is 27.5 Å². The molecule has 1 aromatic heterocycles. The van der Waals surface area contributed by atoms with Gasteiger partial charge in [-0.25, -0.2) is 0 Å². The van der Waals surface area contributed by atoms with E-state index in [-0.39, 0.29) is 5.91 Å². The summed E-state index contributed by atoms with van der Waals surface area (Å²) in [6.45, 7) is 4.26. The first-order valence-electron chi connectivity index (χ1n) is 8.84. The quantitative estimate of drug-likeness (QED) is 0.634. The third-order valence-corrected chi connectivity index (χ3v) is 5.39. The molecule has 3 nitrogen and oxygen atoms in total. The van der Waals surface area contributed by atoms with Crippen molar-refractivity contribution in [3.63, 3.8) is 0 Å². The van der Waals surface area contributed by atoms with Crippen molar-refractivity contribution in [3.8, 4) is 11.1 Å². The number of aromatic nitrogens is 1. The number of rotatable bonds is 7. The number of nitrogens with zero attached hydrogens (tertiary/aromatic N) is 1. The molecule has 0 saturated heterocycles. The number of primary amides is 1. The Labute approximate surface area is 152 Å². The van der Waals surface area contributed by atoms with Gasteiger partial charge in [0.15, 0.2) is 0 Å². The fraction of sp³-hybridized carbons (Fsp3) is 0.450. The lowest BCUT2D eigenvalue weighted by Gasteiger charge is -2.12. The first-order chi connectivity index (χ1) is 11.5. The molecule has 4 heteroatoms. The topological polar surface area (TPSA) is 48.0 Å². The maximum Gasteiger partial charge on any atom is 0.251 e. The number of amides is 1. The van der Waals surface area contributed by atoms with Crippen LogP contribution in [0.15, 0.2) is 28.7 Å². The molecule has 2 N–H and O–H groups in total. The number of nitrogens with two attached hydrogens (primary N) is 1. The number of carbonyl (C=O) groups is 1. The molecule has 1 aliphatic rings. The minimum atomic E-state index is -0.318. The SMILES string of the molecule is CCCCCc1c(-c2ccc(Br)cc2)c(C(N)=O)c(C)n1C1CC1. The molecule has 1 aliphatic carbocycles. The van der Waals surface area contributed by atoms with E-state index in [2.05, 4.69) is 39.6 Å². The normalized spacial score (nSPS) is 14.1. The first-order valence-corrected chi connectivity index (χ1v) is 9.63. The largest absolute Gasteiger partial charge is 0.366 e. The van der Waals surface area contributed by atoms with Gasteiger partial charge < -0.3 is 10.3 Å². The Morgan fingerprint density at radius 3 is 2.46 bits per heavy atom. The molecule has 1 fully saturated rings. The van der Waals surface area contributed by atoms with Gasteiger partial charge in [-0.3, -0.25) is 4.79 Å². The number of hydrogen-bond acceptors (Lipinski definition) is 1. The molecular formula is C20H25BrN2O. The zero-order valence-corrected chi connectivity index (χ0v) is 16.0. The highest BCUT2D eigenvalue weighted by atomic mass is 79.9. The van der Waals surface area contributed by atoms with E-state index < -0.39 is 0 Å². The van der Waals surface area contributed by atoms with Gasteiger partial charge >= 0.3 is 0 Å². The highest BCUT2D eigenvalue weighted by Crippen LogP contribution is 2.43. The van der Waals surface area contributed by atoms with Crippen molar-refractivity contribution in [3.05, 3.63) is 45.7 Å². The number of unbranched alkanes of at least 4 members (excludes halogenated alkanes) is 2. The molecular weight excluding hydrogens is 364 g/mol. The maximum atomic E-state index is 12.2. The number of benzene rings is 1. The van der Waals surface area contributed by atoms with Crippen LogP contribution in [0.4, 0.5) is 0 Å². The Morgan fingerprint density at radius 2 is 1.92 bits per heavy atom. The van der Waals surface area contributed by atoms with E-state index in [1.165, 1.54) is 31.4 Å². The molecule has 1 aromatic carbocycles. The van der Waals surface area contributed by atoms with E-state index >= 15 is 0 Å². The second kappa shape index (κ2) is 7.14. The van der Waals surface area contributed by atoms with Crippen LogP contribution in [0.1, 0.15) is 66.8 Å². The van der Waals surface area contributed by atoms with E-state index in [0.717, 1.165) is 34.1 Å². The van der Waals surface area contributed by atoms with E-state index in [1.54, 1.807) is 0 Å². The highest BCUT2D eigenvalue weighted by Gasteiger charge is 2.32. The molecule has 0 radical (unpaired) electrons. The summed E-state index contributed by atoms with van der Waals surface area (Å²) in [5.41, 5.74) is 10.9. The van der Waals surface area contributed by atoms with Crippen LogP contribution < -0.4 is 5.73 Å². The van der Waals surface area contributed by atoms with Gasteiger partial charge in [-0.05, 0) is 50.3 Å². The van der Waals surface area contributed by atoms with Crippen LogP contribution in [-0.2, 0) is 6.42 Å². The van der Waals surface area contributed by atoms with Gasteiger partial charge in [0.05, 0.1) is 5.56 Å². The Balaban J connectivity index is 2.17. The summed E-state index contributed by atoms with van der Waals surface area (Å²) >= 11 is 3.49. The lowest BCUT2D eigenvalue weighted by molar-refractivity contribution is 0.1000. The zero-order valence-electron chi connectivity index (χ0n) is 14.4. The Morgan fingerprint density at radius 1 is 1.25 bits per heavy atom. The second-order valence-corrected chi connectivity index (χ2v) is 7.63. The molecule has 0 spiro atoms. The monoisotopic (exact) mass is 388 g/mol. The molecule has 0 aliphatic heterocycles. The third kappa shape index (κ3) is 3.30. The molecule has 24 heavy (non-hydrogen) atoms. The van der Waals surface area contributed by atoms with Crippen molar-refractivity contribution < 1.29 is 4.79 Å². The fourth-order valence-corrected chi connectivity index (χ4v) is 3.88. The lowest BCUT2D eigenvalue weighted by Crippen LogP contribution is -2.13. The molecule has 0 unspecified atom stereocenters. The summed E-state index contributed by atoms with van der Waals surface area (Å²) in [5.74, 6) is -0.318. The minimum Gasteiger partial charge on any atom is -0.366 e. The van der Waals surface area contributed by atoms with Gasteiger partial charge in [-0.2, -0.15) is 0 Å². The van der Waals surface area contributed by atoms with E-state index in [1.807, 2.05) is 19.1 Å². The van der Waals surface area contributed by atoms with Gasteiger partial charge in [0.25, 0.3) is 5.91 Å². The van der Waals surface area contributed by atoms with Crippen molar-refractivity contribution in [2.45, 2.75) is 58.4 Å². The van der Waals surface area contributed by atoms with E-state index in [4.69, 9.17) is 5.73 Å². The summed E-state index contributed by atoms with van der Waals surface area (Å²) < 4.78 is 3.44. The fourth-order valence-electron chi connectivity index (χ4n) is 3.61. The Bertz CT molecular complexity index is 742. The molecule has 3 rings (SSSR count). The van der Waals surface area contributed by atoms with Crippen molar-refractivity contribution in [2.24, 2.45) is 5.73 Å². The molecule has 0 atom stereocenters. The summed E-state index contributed by atoms with van der Waals surface area (Å²) in [4.78, 5) is 12.2. The van der Waals surface area contributed by atoms with Crippen LogP contribution in [0.25, 0.3) is 11.1 Å². The molecule has 1 heterocycles. The van der Waals surface area contributed by atoms with Crippen molar-refractivity contribution >= 4 is 21.8 Å². The molecule has 2 aromatic rings. The number of hydrogen-bond donors (Lipinski definition) is 1. The van der Waals surface area contributed by atoms with Crippen molar-refractivity contribution in [1.82, 2.24) is 4.57 Å². The van der Waals surface area contributed by atoms with Crippen LogP contribution in [0, 0.1) is 6.92 Å². The van der Waals surface area contributed by atoms with Crippen LogP contribution in [0.2, 0.25) is 0 Å². The van der Waals surface area contributed by atoms with Crippen molar-refractivity contribution in [1.29, 1.82) is 0 Å². The second-order valence-electron chi connectivity index (χ2n) is 6.71. The minimum absolute atomic E-state index is 0.318. The summed E-state index contributed by atoms with van der Waals surface area (Å²) in [6.07, 6.45) is 6.96. The average molecular weight is 389 g/mol. The first kappa shape index (κ1) is 17.3. The van der Waals surface area contributed by atoms with Crippen molar-refractivity contribution in [2.75, 3.05) is 0 Å². The summed E-state index contributed by atoms with van der Waals surface area (Å²) in [5, 5.41) is 0.